The lowest BCUT2D eigenvalue weighted by atomic mass is 10.1. The number of carboxylic acids is 1. The monoisotopic (exact) mass is 329 g/mol. The second kappa shape index (κ2) is 6.40. The van der Waals surface area contributed by atoms with Crippen molar-refractivity contribution in [3.8, 4) is 0 Å². The molecule has 2 rings (SSSR count). The van der Waals surface area contributed by atoms with Crippen LogP contribution in [0.5, 0.6) is 0 Å². The molecular weight excluding hydrogens is 314 g/mol. The molecule has 1 saturated heterocycles. The van der Waals surface area contributed by atoms with Crippen molar-refractivity contribution in [1.82, 2.24) is 5.32 Å². The van der Waals surface area contributed by atoms with E-state index in [1.165, 1.54) is 17.4 Å². The topological polar surface area (TPSA) is 101 Å². The maximum atomic E-state index is 11.9. The average Bonchev–Trinajstić information content (AvgIpc) is 3.00. The van der Waals surface area contributed by atoms with Gasteiger partial charge in [0.2, 0.25) is 0 Å². The van der Waals surface area contributed by atoms with E-state index in [0.29, 0.717) is 22.7 Å². The predicted octanol–water partition coefficient (Wildman–Crippen LogP) is 1.01. The summed E-state index contributed by atoms with van der Waals surface area (Å²) in [4.78, 5) is 23.5. The van der Waals surface area contributed by atoms with Crippen LogP contribution in [0.3, 0.4) is 0 Å². The predicted molar refractivity (Wildman–Crippen MR) is 80.1 cm³/mol. The Morgan fingerprint density at radius 3 is 2.81 bits per heavy atom. The van der Waals surface area contributed by atoms with E-state index in [2.05, 4.69) is 5.32 Å². The fourth-order valence-corrected chi connectivity index (χ4v) is 4.76. The smallest absolute Gasteiger partial charge is 0.328 e. The van der Waals surface area contributed by atoms with Crippen LogP contribution in [-0.2, 0) is 14.6 Å². The molecule has 1 fully saturated rings. The molecule has 1 aromatic heterocycles. The van der Waals surface area contributed by atoms with Crippen LogP contribution in [0.4, 0.5) is 0 Å². The summed E-state index contributed by atoms with van der Waals surface area (Å²) in [6.07, 6.45) is 3.02. The number of thiophene rings is 1. The maximum Gasteiger partial charge on any atom is 0.328 e. The van der Waals surface area contributed by atoms with Crippen LogP contribution in [0.15, 0.2) is 18.2 Å². The number of carbonyl (C=O) groups excluding carboxylic acids is 1. The standard InChI is InChI=1S/C13H15NO5S2/c15-12(16)4-2-10-1-3-11(20-10)13(17)14-7-9-5-6-21(18,19)8-9/h1-4,9H,5-8H2,(H,14,17)(H,15,16). The lowest BCUT2D eigenvalue weighted by Crippen LogP contribution is -2.29. The Morgan fingerprint density at radius 1 is 1.43 bits per heavy atom. The summed E-state index contributed by atoms with van der Waals surface area (Å²) >= 11 is 1.18. The highest BCUT2D eigenvalue weighted by Gasteiger charge is 2.28. The molecule has 0 saturated carbocycles. The zero-order chi connectivity index (χ0) is 15.5. The second-order valence-corrected chi connectivity index (χ2v) is 8.20. The Morgan fingerprint density at radius 2 is 2.19 bits per heavy atom. The highest BCUT2D eigenvalue weighted by Crippen LogP contribution is 2.20. The quantitative estimate of drug-likeness (QED) is 0.785. The van der Waals surface area contributed by atoms with Crippen molar-refractivity contribution >= 4 is 39.1 Å². The summed E-state index contributed by atoms with van der Waals surface area (Å²) < 4.78 is 22.6. The van der Waals surface area contributed by atoms with E-state index >= 15 is 0 Å². The minimum atomic E-state index is -2.93. The number of hydrogen-bond acceptors (Lipinski definition) is 5. The van der Waals surface area contributed by atoms with E-state index in [9.17, 15) is 18.0 Å². The van der Waals surface area contributed by atoms with Crippen LogP contribution >= 0.6 is 11.3 Å². The van der Waals surface area contributed by atoms with Crippen molar-refractivity contribution in [2.24, 2.45) is 5.92 Å². The molecule has 0 aromatic carbocycles. The molecule has 2 heterocycles. The van der Waals surface area contributed by atoms with Gasteiger partial charge in [-0.15, -0.1) is 11.3 Å². The Hall–Kier alpha value is -1.67. The van der Waals surface area contributed by atoms with Gasteiger partial charge < -0.3 is 10.4 Å². The van der Waals surface area contributed by atoms with E-state index < -0.39 is 15.8 Å². The Balaban J connectivity index is 1.88. The van der Waals surface area contributed by atoms with Crippen LogP contribution in [0.2, 0.25) is 0 Å². The normalized spacial score (nSPS) is 20.7. The number of carboxylic acid groups (broad SMARTS) is 1. The van der Waals surface area contributed by atoms with E-state index in [0.717, 1.165) is 6.08 Å². The van der Waals surface area contributed by atoms with Crippen molar-refractivity contribution in [3.05, 3.63) is 28.0 Å². The number of aliphatic carboxylic acids is 1. The number of carbonyl (C=O) groups is 2. The number of sulfone groups is 1. The third-order valence-electron chi connectivity index (χ3n) is 3.12. The Labute approximate surface area is 126 Å². The number of nitrogens with one attached hydrogen (secondary N) is 1. The summed E-state index contributed by atoms with van der Waals surface area (Å²) in [5.74, 6) is -1.01. The van der Waals surface area contributed by atoms with Gasteiger partial charge in [0.05, 0.1) is 16.4 Å². The molecule has 6 nitrogen and oxygen atoms in total. The van der Waals surface area contributed by atoms with Gasteiger partial charge in [-0.3, -0.25) is 4.79 Å². The Kier molecular flexibility index (Phi) is 4.79. The lowest BCUT2D eigenvalue weighted by Gasteiger charge is -2.08. The molecule has 0 aliphatic carbocycles. The first-order valence-corrected chi connectivity index (χ1v) is 8.99. The number of hydrogen-bond donors (Lipinski definition) is 2. The van der Waals surface area contributed by atoms with Gasteiger partial charge in [-0.1, -0.05) is 0 Å². The molecule has 1 aliphatic rings. The SMILES string of the molecule is O=C(O)C=Cc1ccc(C(=O)NCC2CCS(=O)(=O)C2)s1. The van der Waals surface area contributed by atoms with Gasteiger partial charge in [-0.25, -0.2) is 13.2 Å². The molecule has 0 radical (unpaired) electrons. The van der Waals surface area contributed by atoms with Gasteiger partial charge in [0.1, 0.15) is 0 Å². The van der Waals surface area contributed by atoms with Crippen molar-refractivity contribution in [3.63, 3.8) is 0 Å². The van der Waals surface area contributed by atoms with E-state index in [1.54, 1.807) is 12.1 Å². The zero-order valence-corrected chi connectivity index (χ0v) is 12.7. The molecule has 0 spiro atoms. The highest BCUT2D eigenvalue weighted by molar-refractivity contribution is 7.91. The summed E-state index contributed by atoms with van der Waals surface area (Å²) in [5.41, 5.74) is 0. The van der Waals surface area contributed by atoms with Crippen LogP contribution in [0.25, 0.3) is 6.08 Å². The number of amides is 1. The van der Waals surface area contributed by atoms with Crippen molar-refractivity contribution in [2.75, 3.05) is 18.1 Å². The molecule has 114 valence electrons. The van der Waals surface area contributed by atoms with E-state index in [1.807, 2.05) is 0 Å². The van der Waals surface area contributed by atoms with Gasteiger partial charge >= 0.3 is 5.97 Å². The first kappa shape index (κ1) is 15.7. The third-order valence-corrected chi connectivity index (χ3v) is 6.01. The summed E-state index contributed by atoms with van der Waals surface area (Å²) in [5, 5.41) is 11.3. The minimum Gasteiger partial charge on any atom is -0.478 e. The highest BCUT2D eigenvalue weighted by atomic mass is 32.2. The fourth-order valence-electron chi connectivity index (χ4n) is 2.08. The van der Waals surface area contributed by atoms with Crippen molar-refractivity contribution in [1.29, 1.82) is 0 Å². The van der Waals surface area contributed by atoms with E-state index in [-0.39, 0.29) is 23.3 Å². The molecule has 1 aromatic rings. The van der Waals surface area contributed by atoms with Gasteiger partial charge in [0.25, 0.3) is 5.91 Å². The largest absolute Gasteiger partial charge is 0.478 e. The fraction of sp³-hybridized carbons (Fsp3) is 0.385. The van der Waals surface area contributed by atoms with Crippen molar-refractivity contribution in [2.45, 2.75) is 6.42 Å². The van der Waals surface area contributed by atoms with Gasteiger partial charge in [0.15, 0.2) is 9.84 Å². The van der Waals surface area contributed by atoms with Crippen LogP contribution in [0, 0.1) is 5.92 Å². The molecule has 8 heteroatoms. The minimum absolute atomic E-state index is 0.0229. The van der Waals surface area contributed by atoms with Crippen molar-refractivity contribution < 1.29 is 23.1 Å². The Bertz CT molecular complexity index is 674. The molecule has 1 atom stereocenters. The van der Waals surface area contributed by atoms with Gasteiger partial charge in [0, 0.05) is 17.5 Å². The molecule has 2 N–H and O–H groups in total. The zero-order valence-electron chi connectivity index (χ0n) is 11.1. The molecule has 1 amide bonds. The maximum absolute atomic E-state index is 11.9. The van der Waals surface area contributed by atoms with Gasteiger partial charge in [-0.2, -0.15) is 0 Å². The lowest BCUT2D eigenvalue weighted by molar-refractivity contribution is -0.131. The molecule has 0 bridgehead atoms. The summed E-state index contributed by atoms with van der Waals surface area (Å²) in [7, 11) is -2.93. The molecule has 1 unspecified atom stereocenters. The molecule has 21 heavy (non-hydrogen) atoms. The average molecular weight is 329 g/mol. The molecule has 1 aliphatic heterocycles. The van der Waals surface area contributed by atoms with Gasteiger partial charge in [-0.05, 0) is 30.5 Å². The van der Waals surface area contributed by atoms with Crippen LogP contribution in [-0.4, -0.2) is 43.5 Å². The number of rotatable bonds is 5. The summed E-state index contributed by atoms with van der Waals surface area (Å²) in [6, 6.07) is 3.28. The van der Waals surface area contributed by atoms with Crippen LogP contribution in [0.1, 0.15) is 21.0 Å². The second-order valence-electron chi connectivity index (χ2n) is 4.85. The first-order chi connectivity index (χ1) is 9.85. The first-order valence-electron chi connectivity index (χ1n) is 6.35. The van der Waals surface area contributed by atoms with Crippen LogP contribution < -0.4 is 5.32 Å². The molecular formula is C13H15NO5S2. The van der Waals surface area contributed by atoms with E-state index in [4.69, 9.17) is 5.11 Å². The third kappa shape index (κ3) is 4.68. The summed E-state index contributed by atoms with van der Waals surface area (Å²) in [6.45, 7) is 0.344.